The van der Waals surface area contributed by atoms with Crippen LogP contribution in [0.25, 0.3) is 0 Å². The number of carbonyl (C=O) groups is 2. The molecule has 2 aromatic rings. The molecule has 0 heterocycles. The SMILES string of the molecule is C[C@H](C(=O)NC(C)(C)C)N(CCc1ccccc1)C(=O)Cc1ccc(F)cc1. The molecule has 0 bridgehead atoms. The van der Waals surface area contributed by atoms with E-state index in [9.17, 15) is 14.0 Å². The van der Waals surface area contributed by atoms with Gasteiger partial charge in [-0.25, -0.2) is 4.39 Å². The summed E-state index contributed by atoms with van der Waals surface area (Å²) in [4.78, 5) is 27.2. The number of hydrogen-bond acceptors (Lipinski definition) is 2. The van der Waals surface area contributed by atoms with Crippen LogP contribution >= 0.6 is 0 Å². The number of hydrogen-bond donors (Lipinski definition) is 1. The maximum Gasteiger partial charge on any atom is 0.242 e. The van der Waals surface area contributed by atoms with Crippen molar-refractivity contribution in [2.75, 3.05) is 6.54 Å². The summed E-state index contributed by atoms with van der Waals surface area (Å²) in [7, 11) is 0. The van der Waals surface area contributed by atoms with E-state index in [2.05, 4.69) is 5.32 Å². The number of amides is 2. The zero-order valence-corrected chi connectivity index (χ0v) is 17.0. The number of nitrogens with one attached hydrogen (secondary N) is 1. The van der Waals surface area contributed by atoms with Crippen LogP contribution in [-0.4, -0.2) is 34.8 Å². The van der Waals surface area contributed by atoms with Crippen LogP contribution in [0.1, 0.15) is 38.8 Å². The molecule has 0 fully saturated rings. The molecule has 0 saturated heterocycles. The van der Waals surface area contributed by atoms with E-state index in [0.29, 0.717) is 13.0 Å². The molecule has 0 saturated carbocycles. The largest absolute Gasteiger partial charge is 0.350 e. The number of benzene rings is 2. The lowest BCUT2D eigenvalue weighted by Gasteiger charge is -2.31. The molecular formula is C23H29FN2O2. The predicted octanol–water partition coefficient (Wildman–Crippen LogP) is 3.74. The van der Waals surface area contributed by atoms with Crippen molar-refractivity contribution in [1.29, 1.82) is 0 Å². The van der Waals surface area contributed by atoms with Gasteiger partial charge in [0, 0.05) is 12.1 Å². The summed E-state index contributed by atoms with van der Waals surface area (Å²) in [5.74, 6) is -0.679. The van der Waals surface area contributed by atoms with Crippen LogP contribution in [0.3, 0.4) is 0 Å². The zero-order chi connectivity index (χ0) is 20.7. The van der Waals surface area contributed by atoms with E-state index in [0.717, 1.165) is 11.1 Å². The van der Waals surface area contributed by atoms with E-state index >= 15 is 0 Å². The molecule has 0 aliphatic carbocycles. The summed E-state index contributed by atoms with van der Waals surface area (Å²) >= 11 is 0. The van der Waals surface area contributed by atoms with E-state index in [1.807, 2.05) is 51.1 Å². The molecule has 0 radical (unpaired) electrons. The van der Waals surface area contributed by atoms with Gasteiger partial charge in [0.05, 0.1) is 6.42 Å². The number of carbonyl (C=O) groups excluding carboxylic acids is 2. The van der Waals surface area contributed by atoms with Gasteiger partial charge in [-0.05, 0) is 57.4 Å². The van der Waals surface area contributed by atoms with Crippen molar-refractivity contribution in [2.24, 2.45) is 0 Å². The first-order chi connectivity index (χ1) is 13.2. The Labute approximate surface area is 166 Å². The van der Waals surface area contributed by atoms with Crippen LogP contribution in [-0.2, 0) is 22.4 Å². The molecule has 1 N–H and O–H groups in total. The Morgan fingerprint density at radius 3 is 2.18 bits per heavy atom. The lowest BCUT2D eigenvalue weighted by atomic mass is 10.1. The normalized spacial score (nSPS) is 12.3. The quantitative estimate of drug-likeness (QED) is 0.791. The van der Waals surface area contributed by atoms with Gasteiger partial charge in [0.1, 0.15) is 11.9 Å². The van der Waals surface area contributed by atoms with Gasteiger partial charge in [-0.2, -0.15) is 0 Å². The van der Waals surface area contributed by atoms with Crippen molar-refractivity contribution >= 4 is 11.8 Å². The van der Waals surface area contributed by atoms with Gasteiger partial charge in [0.25, 0.3) is 0 Å². The molecule has 5 heteroatoms. The summed E-state index contributed by atoms with van der Waals surface area (Å²) in [6.45, 7) is 7.90. The second-order valence-electron chi connectivity index (χ2n) is 8.04. The minimum Gasteiger partial charge on any atom is -0.350 e. The Morgan fingerprint density at radius 1 is 1.00 bits per heavy atom. The average molecular weight is 384 g/mol. The van der Waals surface area contributed by atoms with Gasteiger partial charge >= 0.3 is 0 Å². The average Bonchev–Trinajstić information content (AvgIpc) is 2.63. The molecule has 150 valence electrons. The first kappa shape index (κ1) is 21.6. The zero-order valence-electron chi connectivity index (χ0n) is 17.0. The highest BCUT2D eigenvalue weighted by Gasteiger charge is 2.28. The van der Waals surface area contributed by atoms with Crippen molar-refractivity contribution in [2.45, 2.75) is 52.1 Å². The van der Waals surface area contributed by atoms with Crippen molar-refractivity contribution in [3.63, 3.8) is 0 Å². The molecule has 28 heavy (non-hydrogen) atoms. The van der Waals surface area contributed by atoms with Crippen LogP contribution in [0.4, 0.5) is 4.39 Å². The molecule has 2 rings (SSSR count). The van der Waals surface area contributed by atoms with Crippen LogP contribution in [0.2, 0.25) is 0 Å². The minimum absolute atomic E-state index is 0.127. The fraction of sp³-hybridized carbons (Fsp3) is 0.391. The smallest absolute Gasteiger partial charge is 0.242 e. The van der Waals surface area contributed by atoms with Gasteiger partial charge < -0.3 is 10.2 Å². The fourth-order valence-electron chi connectivity index (χ4n) is 2.92. The van der Waals surface area contributed by atoms with Crippen LogP contribution in [0.5, 0.6) is 0 Å². The molecule has 2 aromatic carbocycles. The maximum atomic E-state index is 13.1. The van der Waals surface area contributed by atoms with E-state index in [-0.39, 0.29) is 29.6 Å². The molecule has 1 atom stereocenters. The number of rotatable bonds is 7. The molecular weight excluding hydrogens is 355 g/mol. The van der Waals surface area contributed by atoms with Crippen LogP contribution in [0, 0.1) is 5.82 Å². The summed E-state index contributed by atoms with van der Waals surface area (Å²) in [5.41, 5.74) is 1.45. The molecule has 0 aromatic heterocycles. The summed E-state index contributed by atoms with van der Waals surface area (Å²) in [6.07, 6.45) is 0.783. The van der Waals surface area contributed by atoms with Gasteiger partial charge in [0.15, 0.2) is 0 Å². The lowest BCUT2D eigenvalue weighted by molar-refractivity contribution is -0.140. The Bertz CT molecular complexity index is 782. The summed E-state index contributed by atoms with van der Waals surface area (Å²) in [5, 5.41) is 2.94. The Hall–Kier alpha value is -2.69. The third kappa shape index (κ3) is 6.80. The monoisotopic (exact) mass is 384 g/mol. The Morgan fingerprint density at radius 2 is 1.61 bits per heavy atom. The van der Waals surface area contributed by atoms with E-state index in [4.69, 9.17) is 0 Å². The Balaban J connectivity index is 2.14. The second-order valence-corrected chi connectivity index (χ2v) is 8.04. The van der Waals surface area contributed by atoms with Gasteiger partial charge in [0.2, 0.25) is 11.8 Å². The molecule has 0 aliphatic heterocycles. The highest BCUT2D eigenvalue weighted by Crippen LogP contribution is 2.12. The van der Waals surface area contributed by atoms with Crippen molar-refractivity contribution < 1.29 is 14.0 Å². The van der Waals surface area contributed by atoms with Gasteiger partial charge in [-0.1, -0.05) is 42.5 Å². The third-order valence-corrected chi connectivity index (χ3v) is 4.42. The highest BCUT2D eigenvalue weighted by atomic mass is 19.1. The van der Waals surface area contributed by atoms with Crippen molar-refractivity contribution in [1.82, 2.24) is 10.2 Å². The standard InChI is InChI=1S/C23H29FN2O2/c1-17(22(28)25-23(2,3)4)26(15-14-18-8-6-5-7-9-18)21(27)16-19-10-12-20(24)13-11-19/h5-13,17H,14-16H2,1-4H3,(H,25,28)/t17-/m1/s1. The molecule has 0 aliphatic rings. The molecule has 2 amide bonds. The number of nitrogens with zero attached hydrogens (tertiary/aromatic N) is 1. The molecule has 0 spiro atoms. The minimum atomic E-state index is -0.601. The third-order valence-electron chi connectivity index (χ3n) is 4.42. The molecule has 0 unspecified atom stereocenters. The topological polar surface area (TPSA) is 49.4 Å². The van der Waals surface area contributed by atoms with Gasteiger partial charge in [-0.3, -0.25) is 9.59 Å². The van der Waals surface area contributed by atoms with E-state index in [1.54, 1.807) is 24.0 Å². The van der Waals surface area contributed by atoms with Crippen LogP contribution < -0.4 is 5.32 Å². The summed E-state index contributed by atoms with van der Waals surface area (Å²) in [6, 6.07) is 15.1. The second kappa shape index (κ2) is 9.49. The lowest BCUT2D eigenvalue weighted by Crippen LogP contribution is -2.53. The van der Waals surface area contributed by atoms with Crippen LogP contribution in [0.15, 0.2) is 54.6 Å². The first-order valence-corrected chi connectivity index (χ1v) is 9.55. The Kier molecular flexibility index (Phi) is 7.32. The van der Waals surface area contributed by atoms with Gasteiger partial charge in [-0.15, -0.1) is 0 Å². The fourth-order valence-corrected chi connectivity index (χ4v) is 2.92. The first-order valence-electron chi connectivity index (χ1n) is 9.55. The van der Waals surface area contributed by atoms with E-state index in [1.165, 1.54) is 12.1 Å². The number of halogens is 1. The highest BCUT2D eigenvalue weighted by molar-refractivity contribution is 5.88. The summed E-state index contributed by atoms with van der Waals surface area (Å²) < 4.78 is 13.1. The van der Waals surface area contributed by atoms with E-state index < -0.39 is 6.04 Å². The van der Waals surface area contributed by atoms with Crippen molar-refractivity contribution in [3.8, 4) is 0 Å². The van der Waals surface area contributed by atoms with Crippen molar-refractivity contribution in [3.05, 3.63) is 71.5 Å². The maximum absolute atomic E-state index is 13.1. The predicted molar refractivity (Wildman–Crippen MR) is 109 cm³/mol. The molecule has 4 nitrogen and oxygen atoms in total.